The first-order chi connectivity index (χ1) is 14.5. The predicted octanol–water partition coefficient (Wildman–Crippen LogP) is 2.64. The molecule has 0 unspecified atom stereocenters. The van der Waals surface area contributed by atoms with E-state index in [1.54, 1.807) is 16.5 Å². The van der Waals surface area contributed by atoms with Crippen molar-refractivity contribution in [2.75, 3.05) is 26.2 Å². The highest BCUT2D eigenvalue weighted by atomic mass is 32.2. The molecule has 0 saturated carbocycles. The molecule has 160 valence electrons. The topological polar surface area (TPSA) is 102 Å². The Morgan fingerprint density at radius 1 is 1.33 bits per heavy atom. The van der Waals surface area contributed by atoms with Crippen molar-refractivity contribution in [2.45, 2.75) is 38.5 Å². The lowest BCUT2D eigenvalue weighted by atomic mass is 10.0. The molecule has 4 rings (SSSR count). The third kappa shape index (κ3) is 3.97. The second-order valence-corrected chi connectivity index (χ2v) is 8.73. The van der Waals surface area contributed by atoms with Crippen LogP contribution in [-0.2, 0) is 6.42 Å². The van der Waals surface area contributed by atoms with Crippen LogP contribution in [0.1, 0.15) is 31.8 Å². The number of fused-ring (bicyclic) bond motifs is 1. The Morgan fingerprint density at radius 2 is 2.13 bits per heavy atom. The molecule has 8 nitrogen and oxygen atoms in total. The first-order valence-corrected chi connectivity index (χ1v) is 11.2. The van der Waals surface area contributed by atoms with E-state index >= 15 is 0 Å². The standard InChI is InChI=1S/C21H28N6O2S/c1-4-6-18-23-13(3)19-21(28)24-20(25-27(18)19)16-9-15(7-8-17(16)29-5-2)30-26-11-14(10-22)12-26/h7-9,14H,4-6,10-12,22H2,1-3H3,(H,24,25,28). The molecule has 0 spiro atoms. The van der Waals surface area contributed by atoms with Gasteiger partial charge in [0.05, 0.1) is 17.9 Å². The summed E-state index contributed by atoms with van der Waals surface area (Å²) in [6, 6.07) is 6.01. The van der Waals surface area contributed by atoms with E-state index in [1.807, 2.05) is 32.0 Å². The van der Waals surface area contributed by atoms with Crippen molar-refractivity contribution >= 4 is 17.5 Å². The number of aromatic amines is 1. The Bertz CT molecular complexity index is 1100. The molecule has 0 aliphatic carbocycles. The number of nitrogens with zero attached hydrogens (tertiary/aromatic N) is 4. The Labute approximate surface area is 180 Å². The van der Waals surface area contributed by atoms with Gasteiger partial charge in [0.25, 0.3) is 5.56 Å². The molecule has 2 aromatic heterocycles. The van der Waals surface area contributed by atoms with Gasteiger partial charge < -0.3 is 15.5 Å². The Balaban J connectivity index is 1.75. The molecule has 1 saturated heterocycles. The minimum atomic E-state index is -0.193. The van der Waals surface area contributed by atoms with Gasteiger partial charge in [-0.1, -0.05) is 6.92 Å². The van der Waals surface area contributed by atoms with E-state index in [0.29, 0.717) is 35.3 Å². The molecule has 0 radical (unpaired) electrons. The summed E-state index contributed by atoms with van der Waals surface area (Å²) in [5.74, 6) is 2.55. The zero-order valence-corrected chi connectivity index (χ0v) is 18.5. The van der Waals surface area contributed by atoms with Crippen LogP contribution < -0.4 is 16.0 Å². The molecule has 0 bridgehead atoms. The lowest BCUT2D eigenvalue weighted by molar-refractivity contribution is 0.227. The summed E-state index contributed by atoms with van der Waals surface area (Å²) in [6.45, 7) is 9.10. The average Bonchev–Trinajstić information content (AvgIpc) is 3.01. The lowest BCUT2D eigenvalue weighted by Gasteiger charge is -2.37. The molecule has 1 aromatic carbocycles. The van der Waals surface area contributed by atoms with E-state index in [-0.39, 0.29) is 5.56 Å². The van der Waals surface area contributed by atoms with Gasteiger partial charge in [0.15, 0.2) is 11.3 Å². The predicted molar refractivity (Wildman–Crippen MR) is 119 cm³/mol. The van der Waals surface area contributed by atoms with Crippen molar-refractivity contribution in [2.24, 2.45) is 11.7 Å². The molecule has 3 heterocycles. The fourth-order valence-electron chi connectivity index (χ4n) is 3.67. The molecule has 30 heavy (non-hydrogen) atoms. The number of ether oxygens (including phenoxy) is 1. The largest absolute Gasteiger partial charge is 0.493 e. The summed E-state index contributed by atoms with van der Waals surface area (Å²) in [5, 5.41) is 4.75. The van der Waals surface area contributed by atoms with Crippen molar-refractivity contribution < 1.29 is 4.74 Å². The van der Waals surface area contributed by atoms with Crippen molar-refractivity contribution in [3.8, 4) is 17.1 Å². The summed E-state index contributed by atoms with van der Waals surface area (Å²) < 4.78 is 9.81. The average molecular weight is 429 g/mol. The Kier molecular flexibility index (Phi) is 6.12. The van der Waals surface area contributed by atoms with E-state index < -0.39 is 0 Å². The fourth-order valence-corrected chi connectivity index (χ4v) is 4.84. The van der Waals surface area contributed by atoms with Crippen molar-refractivity contribution in [1.82, 2.24) is 23.9 Å². The van der Waals surface area contributed by atoms with Gasteiger partial charge in [-0.2, -0.15) is 0 Å². The maximum atomic E-state index is 12.8. The van der Waals surface area contributed by atoms with Gasteiger partial charge in [-0.25, -0.2) is 13.8 Å². The summed E-state index contributed by atoms with van der Waals surface area (Å²) in [6.07, 6.45) is 1.69. The minimum Gasteiger partial charge on any atom is -0.493 e. The number of hydrogen-bond acceptors (Lipinski definition) is 7. The number of H-pyrrole nitrogens is 1. The summed E-state index contributed by atoms with van der Waals surface area (Å²) in [5.41, 5.74) is 7.51. The number of aromatic nitrogens is 4. The van der Waals surface area contributed by atoms with Gasteiger partial charge in [-0.05, 0) is 62.9 Å². The number of benzene rings is 1. The normalized spacial score (nSPS) is 14.9. The van der Waals surface area contributed by atoms with Crippen molar-refractivity contribution in [3.63, 3.8) is 0 Å². The van der Waals surface area contributed by atoms with Gasteiger partial charge in [0.2, 0.25) is 0 Å². The summed E-state index contributed by atoms with van der Waals surface area (Å²) >= 11 is 1.69. The summed E-state index contributed by atoms with van der Waals surface area (Å²) in [4.78, 5) is 21.4. The van der Waals surface area contributed by atoms with Crippen LogP contribution in [0.4, 0.5) is 0 Å². The number of hydrogen-bond donors (Lipinski definition) is 2. The van der Waals surface area contributed by atoms with E-state index in [4.69, 9.17) is 15.6 Å². The molecule has 1 fully saturated rings. The maximum absolute atomic E-state index is 12.8. The Hall–Kier alpha value is -2.36. The minimum absolute atomic E-state index is 0.193. The molecule has 3 aromatic rings. The molecule has 0 amide bonds. The number of nitrogens with one attached hydrogen (secondary N) is 1. The van der Waals surface area contributed by atoms with Crippen LogP contribution in [0, 0.1) is 12.8 Å². The second-order valence-electron chi connectivity index (χ2n) is 7.56. The molecule has 3 N–H and O–H groups in total. The number of aryl methyl sites for hydroxylation is 2. The Morgan fingerprint density at radius 3 is 2.83 bits per heavy atom. The highest BCUT2D eigenvalue weighted by Gasteiger charge is 2.26. The third-order valence-corrected chi connectivity index (χ3v) is 6.23. The van der Waals surface area contributed by atoms with Crippen LogP contribution >= 0.6 is 11.9 Å². The quantitative estimate of drug-likeness (QED) is 0.532. The fraction of sp³-hybridized carbons (Fsp3) is 0.476. The zero-order chi connectivity index (χ0) is 21.3. The van der Waals surface area contributed by atoms with E-state index in [0.717, 1.165) is 48.8 Å². The molecule has 0 atom stereocenters. The number of imidazole rings is 1. The van der Waals surface area contributed by atoms with Gasteiger partial charge >= 0.3 is 0 Å². The van der Waals surface area contributed by atoms with Crippen LogP contribution in [0.15, 0.2) is 27.9 Å². The number of nitrogens with two attached hydrogens (primary N) is 1. The summed E-state index contributed by atoms with van der Waals surface area (Å²) in [7, 11) is 0. The van der Waals surface area contributed by atoms with E-state index in [1.165, 1.54) is 0 Å². The van der Waals surface area contributed by atoms with Gasteiger partial charge in [-0.15, -0.1) is 5.10 Å². The monoisotopic (exact) mass is 428 g/mol. The van der Waals surface area contributed by atoms with Gasteiger partial charge in [-0.3, -0.25) is 4.79 Å². The maximum Gasteiger partial charge on any atom is 0.277 e. The molecule has 9 heteroatoms. The second kappa shape index (κ2) is 8.79. The van der Waals surface area contributed by atoms with E-state index in [9.17, 15) is 4.79 Å². The molecular formula is C21H28N6O2S. The molecule has 1 aliphatic rings. The first-order valence-electron chi connectivity index (χ1n) is 10.4. The smallest absolute Gasteiger partial charge is 0.277 e. The van der Waals surface area contributed by atoms with Gasteiger partial charge in [0, 0.05) is 24.4 Å². The molecular weight excluding hydrogens is 400 g/mol. The lowest BCUT2D eigenvalue weighted by Crippen LogP contribution is -2.45. The number of rotatable bonds is 8. The van der Waals surface area contributed by atoms with Crippen LogP contribution in [-0.4, -0.2) is 50.1 Å². The highest BCUT2D eigenvalue weighted by Crippen LogP contribution is 2.36. The van der Waals surface area contributed by atoms with Crippen LogP contribution in [0.5, 0.6) is 5.75 Å². The molecule has 1 aliphatic heterocycles. The van der Waals surface area contributed by atoms with Crippen LogP contribution in [0.25, 0.3) is 16.9 Å². The van der Waals surface area contributed by atoms with Crippen LogP contribution in [0.3, 0.4) is 0 Å². The first kappa shape index (κ1) is 20.9. The third-order valence-electron chi connectivity index (χ3n) is 5.21. The van der Waals surface area contributed by atoms with E-state index in [2.05, 4.69) is 21.2 Å². The SMILES string of the molecule is CCCc1nc(C)c2c(=O)[nH]c(-c3cc(SN4CC(CN)C4)ccc3OCC)nn12. The van der Waals surface area contributed by atoms with Gasteiger partial charge in [0.1, 0.15) is 11.6 Å². The van der Waals surface area contributed by atoms with Crippen molar-refractivity contribution in [1.29, 1.82) is 0 Å². The van der Waals surface area contributed by atoms with Crippen LogP contribution in [0.2, 0.25) is 0 Å². The highest BCUT2D eigenvalue weighted by molar-refractivity contribution is 7.97. The zero-order valence-electron chi connectivity index (χ0n) is 17.6. The van der Waals surface area contributed by atoms with Crippen molar-refractivity contribution in [3.05, 3.63) is 40.1 Å².